The van der Waals surface area contributed by atoms with Gasteiger partial charge < -0.3 is 15.3 Å². The van der Waals surface area contributed by atoms with Crippen LogP contribution >= 0.6 is 27.5 Å². The van der Waals surface area contributed by atoms with Crippen LogP contribution in [0, 0.1) is 6.92 Å². The molecule has 0 aliphatic carbocycles. The summed E-state index contributed by atoms with van der Waals surface area (Å²) in [6.45, 7) is 1.61. The van der Waals surface area contributed by atoms with E-state index in [0.29, 0.717) is 16.3 Å². The SMILES string of the molecule is Cc1cc(Br)ccc1OCC(=O)O/N=C(/N)c1ccc(Cl)cc1. The Morgan fingerprint density at radius 2 is 1.96 bits per heavy atom. The minimum atomic E-state index is -0.649. The number of nitrogens with zero attached hydrogens (tertiary/aromatic N) is 1. The molecule has 0 aliphatic heterocycles. The molecule has 2 aromatic carbocycles. The molecule has 0 saturated heterocycles. The minimum absolute atomic E-state index is 0.0786. The van der Waals surface area contributed by atoms with Crippen LogP contribution in [0.3, 0.4) is 0 Å². The number of halogens is 2. The molecule has 0 amide bonds. The van der Waals surface area contributed by atoms with Gasteiger partial charge in [0, 0.05) is 15.1 Å². The second-order valence-corrected chi connectivity index (χ2v) is 6.00. The number of carbonyl (C=O) groups is 1. The molecular weight excluding hydrogens is 384 g/mol. The molecule has 0 fully saturated rings. The Balaban J connectivity index is 1.89. The number of nitrogens with two attached hydrogens (primary N) is 1. The van der Waals surface area contributed by atoms with E-state index in [-0.39, 0.29) is 12.4 Å². The molecule has 2 N–H and O–H groups in total. The number of aryl methyl sites for hydroxylation is 1. The zero-order chi connectivity index (χ0) is 16.8. The summed E-state index contributed by atoms with van der Waals surface area (Å²) in [5.74, 6) is 0.0267. The normalized spacial score (nSPS) is 11.2. The van der Waals surface area contributed by atoms with E-state index >= 15 is 0 Å². The standard InChI is InChI=1S/C16H14BrClN2O3/c1-10-8-12(17)4-7-14(10)22-9-15(21)23-20-16(19)11-2-5-13(18)6-3-11/h2-8H,9H2,1H3,(H2,19,20). The number of oxime groups is 1. The molecule has 0 aromatic heterocycles. The summed E-state index contributed by atoms with van der Waals surface area (Å²) in [5, 5.41) is 4.17. The summed E-state index contributed by atoms with van der Waals surface area (Å²) in [6, 6.07) is 12.2. The Labute approximate surface area is 147 Å². The van der Waals surface area contributed by atoms with E-state index in [1.807, 2.05) is 19.1 Å². The smallest absolute Gasteiger partial charge is 0.372 e. The number of amidine groups is 1. The topological polar surface area (TPSA) is 73.9 Å². The average molecular weight is 398 g/mol. The van der Waals surface area contributed by atoms with Crippen LogP contribution in [-0.4, -0.2) is 18.4 Å². The minimum Gasteiger partial charge on any atom is -0.482 e. The van der Waals surface area contributed by atoms with Crippen molar-refractivity contribution in [3.05, 3.63) is 63.1 Å². The summed E-state index contributed by atoms with van der Waals surface area (Å²) in [5.41, 5.74) is 7.23. The van der Waals surface area contributed by atoms with Gasteiger partial charge in [-0.2, -0.15) is 0 Å². The van der Waals surface area contributed by atoms with Crippen molar-refractivity contribution >= 4 is 39.3 Å². The zero-order valence-corrected chi connectivity index (χ0v) is 14.6. The highest BCUT2D eigenvalue weighted by Crippen LogP contribution is 2.22. The van der Waals surface area contributed by atoms with Gasteiger partial charge in [-0.1, -0.05) is 32.7 Å². The van der Waals surface area contributed by atoms with E-state index in [2.05, 4.69) is 21.1 Å². The highest BCUT2D eigenvalue weighted by atomic mass is 79.9. The molecule has 0 saturated carbocycles. The van der Waals surface area contributed by atoms with Gasteiger partial charge in [0.1, 0.15) is 5.75 Å². The van der Waals surface area contributed by atoms with Crippen molar-refractivity contribution < 1.29 is 14.4 Å². The van der Waals surface area contributed by atoms with Gasteiger partial charge in [0.15, 0.2) is 12.4 Å². The van der Waals surface area contributed by atoms with Crippen LogP contribution in [0.5, 0.6) is 5.75 Å². The molecule has 0 spiro atoms. The number of benzene rings is 2. The van der Waals surface area contributed by atoms with Gasteiger partial charge in [-0.05, 0) is 55.0 Å². The predicted octanol–water partition coefficient (Wildman–Crippen LogP) is 3.65. The fraction of sp³-hybridized carbons (Fsp3) is 0.125. The lowest BCUT2D eigenvalue weighted by molar-refractivity contribution is -0.146. The number of ether oxygens (including phenoxy) is 1. The molecule has 0 bridgehead atoms. The van der Waals surface area contributed by atoms with Crippen LogP contribution in [0.2, 0.25) is 5.02 Å². The molecule has 0 atom stereocenters. The van der Waals surface area contributed by atoms with Crippen LogP contribution in [0.4, 0.5) is 0 Å². The fourth-order valence-corrected chi connectivity index (χ4v) is 2.31. The van der Waals surface area contributed by atoms with Crippen molar-refractivity contribution in [3.63, 3.8) is 0 Å². The van der Waals surface area contributed by atoms with Crippen molar-refractivity contribution in [3.8, 4) is 5.75 Å². The monoisotopic (exact) mass is 396 g/mol. The van der Waals surface area contributed by atoms with Crippen molar-refractivity contribution in [2.75, 3.05) is 6.61 Å². The second-order valence-electron chi connectivity index (χ2n) is 4.65. The van der Waals surface area contributed by atoms with E-state index in [4.69, 9.17) is 26.9 Å². The predicted molar refractivity (Wildman–Crippen MR) is 92.6 cm³/mol. The second kappa shape index (κ2) is 7.99. The molecule has 2 aromatic rings. The highest BCUT2D eigenvalue weighted by Gasteiger charge is 2.07. The first-order valence-electron chi connectivity index (χ1n) is 6.64. The first-order chi connectivity index (χ1) is 11.0. The van der Waals surface area contributed by atoms with Gasteiger partial charge in [-0.15, -0.1) is 0 Å². The van der Waals surface area contributed by atoms with Crippen LogP contribution in [0.1, 0.15) is 11.1 Å². The van der Waals surface area contributed by atoms with Crippen LogP contribution in [-0.2, 0) is 9.63 Å². The summed E-state index contributed by atoms with van der Waals surface area (Å²) in [7, 11) is 0. The number of hydrogen-bond acceptors (Lipinski definition) is 4. The highest BCUT2D eigenvalue weighted by molar-refractivity contribution is 9.10. The van der Waals surface area contributed by atoms with E-state index in [1.165, 1.54) is 0 Å². The summed E-state index contributed by atoms with van der Waals surface area (Å²) < 4.78 is 6.32. The summed E-state index contributed by atoms with van der Waals surface area (Å²) >= 11 is 9.14. The van der Waals surface area contributed by atoms with Gasteiger partial charge in [-0.25, -0.2) is 4.79 Å². The molecule has 0 heterocycles. The molecule has 23 heavy (non-hydrogen) atoms. The Bertz CT molecular complexity index is 733. The third-order valence-electron chi connectivity index (χ3n) is 2.87. The maximum absolute atomic E-state index is 11.6. The first kappa shape index (κ1) is 17.3. The third-order valence-corrected chi connectivity index (χ3v) is 3.61. The molecule has 0 unspecified atom stereocenters. The summed E-state index contributed by atoms with van der Waals surface area (Å²) in [4.78, 5) is 16.4. The Morgan fingerprint density at radius 1 is 1.26 bits per heavy atom. The maximum atomic E-state index is 11.6. The molecule has 5 nitrogen and oxygen atoms in total. The summed E-state index contributed by atoms with van der Waals surface area (Å²) in [6.07, 6.45) is 0. The van der Waals surface area contributed by atoms with Crippen molar-refractivity contribution in [1.29, 1.82) is 0 Å². The van der Waals surface area contributed by atoms with Gasteiger partial charge in [0.2, 0.25) is 0 Å². The first-order valence-corrected chi connectivity index (χ1v) is 7.81. The van der Waals surface area contributed by atoms with E-state index in [9.17, 15) is 4.79 Å². The maximum Gasteiger partial charge on any atom is 0.372 e. The molecule has 0 radical (unpaired) electrons. The number of carbonyl (C=O) groups excluding carboxylic acids is 1. The van der Waals surface area contributed by atoms with Crippen molar-refractivity contribution in [2.45, 2.75) is 6.92 Å². The third kappa shape index (κ3) is 5.26. The average Bonchev–Trinajstić information content (AvgIpc) is 2.52. The van der Waals surface area contributed by atoms with Gasteiger partial charge in [-0.3, -0.25) is 0 Å². The zero-order valence-electron chi connectivity index (χ0n) is 12.3. The number of rotatable bonds is 5. The van der Waals surface area contributed by atoms with Gasteiger partial charge >= 0.3 is 5.97 Å². The largest absolute Gasteiger partial charge is 0.482 e. The van der Waals surface area contributed by atoms with Gasteiger partial charge in [0.05, 0.1) is 0 Å². The Morgan fingerprint density at radius 3 is 2.61 bits per heavy atom. The van der Waals surface area contributed by atoms with E-state index < -0.39 is 5.97 Å². The fourth-order valence-electron chi connectivity index (χ4n) is 1.71. The number of hydrogen-bond donors (Lipinski definition) is 1. The van der Waals surface area contributed by atoms with Crippen LogP contribution < -0.4 is 10.5 Å². The van der Waals surface area contributed by atoms with Crippen molar-refractivity contribution in [2.24, 2.45) is 10.9 Å². The molecule has 120 valence electrons. The van der Waals surface area contributed by atoms with Crippen LogP contribution in [0.25, 0.3) is 0 Å². The van der Waals surface area contributed by atoms with E-state index in [1.54, 1.807) is 30.3 Å². The van der Waals surface area contributed by atoms with E-state index in [0.717, 1.165) is 10.0 Å². The lowest BCUT2D eigenvalue weighted by atomic mass is 10.2. The molecular formula is C16H14BrClN2O3. The lowest BCUT2D eigenvalue weighted by Crippen LogP contribution is -2.18. The van der Waals surface area contributed by atoms with Gasteiger partial charge in [0.25, 0.3) is 0 Å². The Kier molecular flexibility index (Phi) is 6.01. The van der Waals surface area contributed by atoms with Crippen LogP contribution in [0.15, 0.2) is 52.1 Å². The van der Waals surface area contributed by atoms with Crippen molar-refractivity contribution in [1.82, 2.24) is 0 Å². The molecule has 7 heteroatoms. The quantitative estimate of drug-likeness (QED) is 0.362. The Hall–Kier alpha value is -2.05. The molecule has 0 aliphatic rings. The molecule has 2 rings (SSSR count). The lowest BCUT2D eigenvalue weighted by Gasteiger charge is -2.07.